The second-order valence-corrected chi connectivity index (χ2v) is 18.8. The molecule has 8 aromatic carbocycles. The summed E-state index contributed by atoms with van der Waals surface area (Å²) in [5.74, 6) is 0.268. The van der Waals surface area contributed by atoms with Crippen molar-refractivity contribution >= 4 is 49.5 Å². The quantitative estimate of drug-likeness (QED) is 0.177. The third-order valence-corrected chi connectivity index (χ3v) is 14.6. The van der Waals surface area contributed by atoms with Gasteiger partial charge in [-0.1, -0.05) is 155 Å². The number of furan rings is 2. The number of allylic oxidation sites excluding steroid dienone is 4. The zero-order chi connectivity index (χ0) is 41.5. The molecule has 2 heterocycles. The van der Waals surface area contributed by atoms with Crippen LogP contribution in [0.25, 0.3) is 94.0 Å². The zero-order valence-electron chi connectivity index (χ0n) is 35.3. The van der Waals surface area contributed by atoms with Gasteiger partial charge < -0.3 is 8.83 Å². The Hall–Kier alpha value is -7.16. The molecule has 0 bridgehead atoms. The summed E-state index contributed by atoms with van der Waals surface area (Å²) in [4.78, 5) is 0. The van der Waals surface area contributed by atoms with Gasteiger partial charge in [-0.2, -0.15) is 0 Å². The van der Waals surface area contributed by atoms with Gasteiger partial charge in [-0.05, 0) is 138 Å². The van der Waals surface area contributed by atoms with Crippen LogP contribution in [-0.4, -0.2) is 0 Å². The molecule has 3 aliphatic rings. The highest BCUT2D eigenvalue weighted by Crippen LogP contribution is 2.55. The first kappa shape index (κ1) is 35.6. The van der Waals surface area contributed by atoms with Gasteiger partial charge >= 0.3 is 0 Å². The van der Waals surface area contributed by atoms with Crippen molar-refractivity contribution in [2.75, 3.05) is 0 Å². The fourth-order valence-electron chi connectivity index (χ4n) is 11.2. The lowest BCUT2D eigenvalue weighted by atomic mass is 9.77. The van der Waals surface area contributed by atoms with E-state index in [2.05, 4.69) is 204 Å². The average Bonchev–Trinajstić information content (AvgIpc) is 4.01. The van der Waals surface area contributed by atoms with Crippen molar-refractivity contribution in [2.24, 2.45) is 0 Å². The van der Waals surface area contributed by atoms with Crippen LogP contribution in [0.1, 0.15) is 67.9 Å². The van der Waals surface area contributed by atoms with E-state index in [0.29, 0.717) is 0 Å². The summed E-state index contributed by atoms with van der Waals surface area (Å²) in [5.41, 5.74) is 22.8. The van der Waals surface area contributed by atoms with Crippen LogP contribution in [0, 0.1) is 0 Å². The molecular weight excluding hydrogens is 753 g/mol. The van der Waals surface area contributed by atoms with E-state index in [1.807, 2.05) is 0 Å². The smallest absolute Gasteiger partial charge is 0.178 e. The average molecular weight is 797 g/mol. The molecule has 0 saturated carbocycles. The van der Waals surface area contributed by atoms with Crippen molar-refractivity contribution in [1.29, 1.82) is 0 Å². The van der Waals surface area contributed by atoms with Crippen molar-refractivity contribution in [3.05, 3.63) is 209 Å². The second-order valence-electron chi connectivity index (χ2n) is 18.8. The normalized spacial score (nSPS) is 16.9. The minimum absolute atomic E-state index is 0.0863. The lowest BCUT2D eigenvalue weighted by Crippen LogP contribution is -2.17. The highest BCUT2D eigenvalue weighted by Gasteiger charge is 2.40. The van der Waals surface area contributed by atoms with Gasteiger partial charge in [0.2, 0.25) is 0 Å². The van der Waals surface area contributed by atoms with Gasteiger partial charge in [-0.3, -0.25) is 0 Å². The molecule has 0 saturated heterocycles. The Morgan fingerprint density at radius 3 is 1.48 bits per heavy atom. The summed E-state index contributed by atoms with van der Waals surface area (Å²) in [5, 5.41) is 4.37. The molecule has 0 fully saturated rings. The molecule has 2 aromatic heterocycles. The van der Waals surface area contributed by atoms with Crippen molar-refractivity contribution in [2.45, 2.75) is 50.9 Å². The van der Waals surface area contributed by atoms with Crippen LogP contribution >= 0.6 is 0 Å². The number of rotatable bonds is 4. The fraction of sp³-hybridized carbons (Fsp3) is 0.133. The van der Waals surface area contributed by atoms with Gasteiger partial charge in [0, 0.05) is 38.3 Å². The number of hydrogen-bond donors (Lipinski definition) is 0. The Bertz CT molecular complexity index is 3590. The molecule has 62 heavy (non-hydrogen) atoms. The standard InChI is InChI=1S/C60H44O2/c1-59(2)51-29-37(35-11-7-5-8-12-35)15-21-43(51)45-23-17-39(31-53(45)59)41-19-25-47-49-27-28-50-48-26-20-42(34-56(48)62-58(50)57(49)61-55(47)33-41)40-18-24-46-44-22-16-38(36-13-9-6-10-14-36)30-52(44)60(3,4)54(46)32-40/h5-17,19-34,40H,18H2,1-4H3. The van der Waals surface area contributed by atoms with Gasteiger partial charge in [0.05, 0.1) is 0 Å². The van der Waals surface area contributed by atoms with Crippen molar-refractivity contribution in [1.82, 2.24) is 0 Å². The lowest BCUT2D eigenvalue weighted by Gasteiger charge is -2.27. The summed E-state index contributed by atoms with van der Waals surface area (Å²) in [6, 6.07) is 60.2. The summed E-state index contributed by atoms with van der Waals surface area (Å²) in [6.45, 7) is 9.48. The van der Waals surface area contributed by atoms with E-state index in [4.69, 9.17) is 8.83 Å². The van der Waals surface area contributed by atoms with Crippen molar-refractivity contribution < 1.29 is 8.83 Å². The van der Waals surface area contributed by atoms with Gasteiger partial charge in [-0.25, -0.2) is 0 Å². The SMILES string of the molecule is CC1(C)C2=CC(c3ccc4c(c3)oc3c4ccc4c5ccc(-c6ccc7c(c6)C(C)(C)c6cc(-c8ccccc8)ccc6-7)cc5oc43)CC=C2c2ccc(-c3ccccc3)cc21. The molecule has 10 aromatic rings. The fourth-order valence-corrected chi connectivity index (χ4v) is 11.2. The highest BCUT2D eigenvalue weighted by atomic mass is 16.4. The van der Waals surface area contributed by atoms with Crippen LogP contribution in [0.4, 0.5) is 0 Å². The molecule has 0 spiro atoms. The van der Waals surface area contributed by atoms with E-state index >= 15 is 0 Å². The molecular formula is C60H44O2. The van der Waals surface area contributed by atoms with E-state index in [0.717, 1.165) is 55.9 Å². The van der Waals surface area contributed by atoms with Crippen LogP contribution in [0.3, 0.4) is 0 Å². The Morgan fingerprint density at radius 1 is 0.419 bits per heavy atom. The van der Waals surface area contributed by atoms with E-state index in [-0.39, 0.29) is 16.7 Å². The molecule has 0 amide bonds. The van der Waals surface area contributed by atoms with Crippen LogP contribution in [0.2, 0.25) is 0 Å². The molecule has 0 aliphatic heterocycles. The molecule has 2 heteroatoms. The van der Waals surface area contributed by atoms with Gasteiger partial charge in [0.1, 0.15) is 11.2 Å². The molecule has 0 radical (unpaired) electrons. The third kappa shape index (κ3) is 5.04. The minimum Gasteiger partial charge on any atom is -0.452 e. The maximum atomic E-state index is 6.79. The monoisotopic (exact) mass is 796 g/mol. The van der Waals surface area contributed by atoms with Gasteiger partial charge in [0.25, 0.3) is 0 Å². The second kappa shape index (κ2) is 12.7. The third-order valence-electron chi connectivity index (χ3n) is 14.6. The predicted molar refractivity (Wildman–Crippen MR) is 258 cm³/mol. The summed E-state index contributed by atoms with van der Waals surface area (Å²) >= 11 is 0. The van der Waals surface area contributed by atoms with Crippen molar-refractivity contribution in [3.8, 4) is 44.5 Å². The van der Waals surface area contributed by atoms with Crippen LogP contribution in [0.15, 0.2) is 190 Å². The van der Waals surface area contributed by atoms with E-state index < -0.39 is 0 Å². The largest absolute Gasteiger partial charge is 0.452 e. The summed E-state index contributed by atoms with van der Waals surface area (Å²) < 4.78 is 13.6. The number of fused-ring (bicyclic) bond motifs is 13. The summed E-state index contributed by atoms with van der Waals surface area (Å²) in [6.07, 6.45) is 5.95. The van der Waals surface area contributed by atoms with Crippen LogP contribution in [-0.2, 0) is 10.8 Å². The van der Waals surface area contributed by atoms with E-state index in [1.54, 1.807) is 0 Å². The first-order valence-electron chi connectivity index (χ1n) is 22.0. The first-order chi connectivity index (χ1) is 30.2. The Balaban J connectivity index is 0.831. The Labute approximate surface area is 361 Å². The number of hydrogen-bond acceptors (Lipinski definition) is 2. The molecule has 1 unspecified atom stereocenters. The van der Waals surface area contributed by atoms with Gasteiger partial charge in [-0.15, -0.1) is 0 Å². The summed E-state index contributed by atoms with van der Waals surface area (Å²) in [7, 11) is 0. The molecule has 3 aliphatic carbocycles. The predicted octanol–water partition coefficient (Wildman–Crippen LogP) is 16.6. The van der Waals surface area contributed by atoms with E-state index in [1.165, 1.54) is 77.9 Å². The molecule has 0 N–H and O–H groups in total. The first-order valence-corrected chi connectivity index (χ1v) is 22.0. The van der Waals surface area contributed by atoms with Crippen molar-refractivity contribution in [3.63, 3.8) is 0 Å². The maximum absolute atomic E-state index is 6.79. The minimum atomic E-state index is -0.124. The van der Waals surface area contributed by atoms with E-state index in [9.17, 15) is 0 Å². The number of benzene rings is 8. The molecule has 2 nitrogen and oxygen atoms in total. The molecule has 13 rings (SSSR count). The highest BCUT2D eigenvalue weighted by molar-refractivity contribution is 6.19. The van der Waals surface area contributed by atoms with Gasteiger partial charge in [0.15, 0.2) is 11.2 Å². The lowest BCUT2D eigenvalue weighted by molar-refractivity contribution is 0.632. The Morgan fingerprint density at radius 2 is 0.887 bits per heavy atom. The van der Waals surface area contributed by atoms with Crippen LogP contribution < -0.4 is 0 Å². The Kier molecular flexibility index (Phi) is 7.28. The topological polar surface area (TPSA) is 26.3 Å². The molecule has 1 atom stereocenters. The molecule has 296 valence electrons. The maximum Gasteiger partial charge on any atom is 0.178 e. The van der Waals surface area contributed by atoms with Crippen LogP contribution in [0.5, 0.6) is 0 Å². The zero-order valence-corrected chi connectivity index (χ0v) is 35.3.